The summed E-state index contributed by atoms with van der Waals surface area (Å²) in [4.78, 5) is 0. The second kappa shape index (κ2) is 8.59. The van der Waals surface area contributed by atoms with Crippen molar-refractivity contribution in [2.75, 3.05) is 6.61 Å². The maximum atomic E-state index is 10.1. The van der Waals surface area contributed by atoms with Crippen LogP contribution in [0, 0.1) is 0 Å². The third-order valence-corrected chi connectivity index (χ3v) is 4.38. The van der Waals surface area contributed by atoms with Crippen molar-refractivity contribution >= 4 is 12.2 Å². The molecule has 6 N–H and O–H groups in total. The van der Waals surface area contributed by atoms with E-state index in [1.165, 1.54) is 12.1 Å². The molecule has 8 heteroatoms. The quantitative estimate of drug-likeness (QED) is 0.405. The number of phenolic OH excluding ortho intramolecular Hbond substituents is 2. The van der Waals surface area contributed by atoms with E-state index >= 15 is 0 Å². The van der Waals surface area contributed by atoms with Crippen LogP contribution in [-0.2, 0) is 4.74 Å². The van der Waals surface area contributed by atoms with Crippen LogP contribution >= 0.6 is 0 Å². The summed E-state index contributed by atoms with van der Waals surface area (Å²) in [6.45, 7) is -0.564. The molecule has 1 heterocycles. The van der Waals surface area contributed by atoms with Gasteiger partial charge in [0.25, 0.3) is 0 Å². The highest BCUT2D eigenvalue weighted by Gasteiger charge is 2.44. The molecule has 2 aromatic rings. The van der Waals surface area contributed by atoms with Crippen molar-refractivity contribution in [2.24, 2.45) is 0 Å². The zero-order valence-electron chi connectivity index (χ0n) is 14.8. The fourth-order valence-corrected chi connectivity index (χ4v) is 2.85. The normalized spacial score (nSPS) is 27.8. The fraction of sp³-hybridized carbons (Fsp3) is 0.300. The molecular weight excluding hydrogens is 368 g/mol. The molecule has 1 aliphatic heterocycles. The first-order chi connectivity index (χ1) is 13.4. The Bertz CT molecular complexity index is 817. The van der Waals surface area contributed by atoms with Crippen LogP contribution in [0.3, 0.4) is 0 Å². The molecule has 5 atom stereocenters. The molecule has 0 unspecified atom stereocenters. The van der Waals surface area contributed by atoms with E-state index in [1.54, 1.807) is 42.5 Å². The maximum Gasteiger partial charge on any atom is 0.229 e. The largest absolute Gasteiger partial charge is 0.508 e. The van der Waals surface area contributed by atoms with Gasteiger partial charge in [0.05, 0.1) is 6.61 Å². The van der Waals surface area contributed by atoms with Gasteiger partial charge in [-0.25, -0.2) is 0 Å². The Kier molecular flexibility index (Phi) is 6.18. The number of phenols is 2. The lowest BCUT2D eigenvalue weighted by Gasteiger charge is -2.39. The number of ether oxygens (including phenoxy) is 2. The average Bonchev–Trinajstić information content (AvgIpc) is 2.67. The first kappa shape index (κ1) is 20.1. The highest BCUT2D eigenvalue weighted by atomic mass is 16.7. The highest BCUT2D eigenvalue weighted by Crippen LogP contribution is 2.28. The third kappa shape index (κ3) is 4.61. The van der Waals surface area contributed by atoms with Gasteiger partial charge in [0.2, 0.25) is 6.29 Å². The first-order valence-corrected chi connectivity index (χ1v) is 8.65. The van der Waals surface area contributed by atoms with E-state index < -0.39 is 37.3 Å². The van der Waals surface area contributed by atoms with Gasteiger partial charge in [-0.15, -0.1) is 0 Å². The van der Waals surface area contributed by atoms with Crippen LogP contribution in [0.4, 0.5) is 0 Å². The molecular formula is C20H22O8. The molecule has 0 bridgehead atoms. The van der Waals surface area contributed by atoms with Gasteiger partial charge in [-0.3, -0.25) is 0 Å². The minimum Gasteiger partial charge on any atom is -0.508 e. The maximum absolute atomic E-state index is 10.1. The number of benzene rings is 2. The van der Waals surface area contributed by atoms with E-state index in [2.05, 4.69) is 0 Å². The summed E-state index contributed by atoms with van der Waals surface area (Å²) in [5.41, 5.74) is 1.42. The van der Waals surface area contributed by atoms with Gasteiger partial charge in [0.1, 0.15) is 41.7 Å². The van der Waals surface area contributed by atoms with E-state index in [4.69, 9.17) is 9.47 Å². The van der Waals surface area contributed by atoms with Crippen LogP contribution in [0.5, 0.6) is 17.2 Å². The molecule has 0 saturated carbocycles. The predicted molar refractivity (Wildman–Crippen MR) is 99.5 cm³/mol. The van der Waals surface area contributed by atoms with E-state index in [1.807, 2.05) is 0 Å². The summed E-state index contributed by atoms with van der Waals surface area (Å²) in [7, 11) is 0. The lowest BCUT2D eigenvalue weighted by Crippen LogP contribution is -2.60. The Hall–Kier alpha value is -2.62. The van der Waals surface area contributed by atoms with Crippen LogP contribution in [-0.4, -0.2) is 68.0 Å². The minimum atomic E-state index is -1.55. The lowest BCUT2D eigenvalue weighted by atomic mass is 9.99. The lowest BCUT2D eigenvalue weighted by molar-refractivity contribution is -0.277. The summed E-state index contributed by atoms with van der Waals surface area (Å²) >= 11 is 0. The van der Waals surface area contributed by atoms with Gasteiger partial charge in [0, 0.05) is 6.07 Å². The standard InChI is InChI=1S/C20H22O8/c21-10-16-17(24)18(25)19(26)20(28-16)27-15-8-12(7-14(23)9-15)2-1-11-3-5-13(22)6-4-11/h1-9,16-26H,10H2/b2-1+/t16-,17+,18-,19-,20-/m0/s1. The second-order valence-electron chi connectivity index (χ2n) is 6.50. The van der Waals surface area contributed by atoms with Crippen molar-refractivity contribution in [3.63, 3.8) is 0 Å². The molecule has 0 aliphatic carbocycles. The fourth-order valence-electron chi connectivity index (χ4n) is 2.85. The summed E-state index contributed by atoms with van der Waals surface area (Å²) in [6.07, 6.45) is -3.52. The van der Waals surface area contributed by atoms with Crippen LogP contribution in [0.15, 0.2) is 42.5 Å². The van der Waals surface area contributed by atoms with Gasteiger partial charge >= 0.3 is 0 Å². The van der Waals surface area contributed by atoms with E-state index in [0.29, 0.717) is 5.56 Å². The van der Waals surface area contributed by atoms with Crippen LogP contribution in [0.25, 0.3) is 12.2 Å². The Morgan fingerprint density at radius 1 is 0.821 bits per heavy atom. The Morgan fingerprint density at radius 2 is 1.50 bits per heavy atom. The molecule has 0 amide bonds. The number of aliphatic hydroxyl groups is 4. The van der Waals surface area contributed by atoms with Gasteiger partial charge in [-0.1, -0.05) is 24.3 Å². The summed E-state index contributed by atoms with van der Waals surface area (Å²) in [5, 5.41) is 58.2. The molecule has 150 valence electrons. The topological polar surface area (TPSA) is 140 Å². The number of rotatable bonds is 5. The number of hydrogen-bond donors (Lipinski definition) is 6. The van der Waals surface area contributed by atoms with Crippen molar-refractivity contribution in [3.05, 3.63) is 53.6 Å². The molecule has 3 rings (SSSR count). The third-order valence-electron chi connectivity index (χ3n) is 4.38. The van der Waals surface area contributed by atoms with Crippen molar-refractivity contribution in [1.29, 1.82) is 0 Å². The molecule has 1 fully saturated rings. The molecule has 0 radical (unpaired) electrons. The van der Waals surface area contributed by atoms with E-state index in [0.717, 1.165) is 5.56 Å². The number of aliphatic hydroxyl groups excluding tert-OH is 4. The molecule has 0 aromatic heterocycles. The van der Waals surface area contributed by atoms with Gasteiger partial charge in [-0.05, 0) is 35.4 Å². The van der Waals surface area contributed by atoms with Crippen molar-refractivity contribution in [2.45, 2.75) is 30.7 Å². The van der Waals surface area contributed by atoms with Crippen molar-refractivity contribution in [3.8, 4) is 17.2 Å². The molecule has 1 aliphatic rings. The molecule has 28 heavy (non-hydrogen) atoms. The van der Waals surface area contributed by atoms with Crippen LogP contribution < -0.4 is 4.74 Å². The average molecular weight is 390 g/mol. The Balaban J connectivity index is 1.76. The molecule has 0 spiro atoms. The summed E-state index contributed by atoms with van der Waals surface area (Å²) < 4.78 is 10.8. The SMILES string of the molecule is OC[C@@H]1O[C@H](Oc2cc(O)cc(/C=C/c3ccc(O)cc3)c2)[C@@H](O)[C@@H](O)[C@@H]1O. The van der Waals surface area contributed by atoms with Gasteiger partial charge < -0.3 is 40.1 Å². The van der Waals surface area contributed by atoms with E-state index in [-0.39, 0.29) is 17.2 Å². The van der Waals surface area contributed by atoms with Crippen LogP contribution in [0.1, 0.15) is 11.1 Å². The Labute approximate surface area is 161 Å². The van der Waals surface area contributed by atoms with E-state index in [9.17, 15) is 30.6 Å². The molecule has 1 saturated heterocycles. The van der Waals surface area contributed by atoms with Crippen molar-refractivity contribution < 1.29 is 40.1 Å². The molecule has 2 aromatic carbocycles. The zero-order chi connectivity index (χ0) is 20.3. The number of hydrogen-bond acceptors (Lipinski definition) is 8. The summed E-state index contributed by atoms with van der Waals surface area (Å²) in [6, 6.07) is 10.9. The highest BCUT2D eigenvalue weighted by molar-refractivity contribution is 5.71. The zero-order valence-corrected chi connectivity index (χ0v) is 14.8. The Morgan fingerprint density at radius 3 is 2.18 bits per heavy atom. The first-order valence-electron chi connectivity index (χ1n) is 8.65. The predicted octanol–water partition coefficient (Wildman–Crippen LogP) is 0.447. The van der Waals surface area contributed by atoms with Gasteiger partial charge in [-0.2, -0.15) is 0 Å². The van der Waals surface area contributed by atoms with Gasteiger partial charge in [0.15, 0.2) is 0 Å². The smallest absolute Gasteiger partial charge is 0.229 e. The van der Waals surface area contributed by atoms with Crippen LogP contribution in [0.2, 0.25) is 0 Å². The molecule has 8 nitrogen and oxygen atoms in total. The van der Waals surface area contributed by atoms with Crippen molar-refractivity contribution in [1.82, 2.24) is 0 Å². The monoisotopic (exact) mass is 390 g/mol. The minimum absolute atomic E-state index is 0.0903. The number of aromatic hydroxyl groups is 2. The second-order valence-corrected chi connectivity index (χ2v) is 6.50. The summed E-state index contributed by atoms with van der Waals surface area (Å²) in [5.74, 6) is 0.229.